The number of carbonyl (C=O) groups excluding carboxylic acids is 2. The molecule has 1 aliphatic rings. The molecule has 21 heavy (non-hydrogen) atoms. The quantitative estimate of drug-likeness (QED) is 0.814. The van der Waals surface area contributed by atoms with Crippen molar-refractivity contribution in [3.05, 3.63) is 35.4 Å². The number of benzene rings is 1. The molecule has 1 heterocycles. The predicted molar refractivity (Wildman–Crippen MR) is 82.0 cm³/mol. The van der Waals surface area contributed by atoms with Gasteiger partial charge in [0.1, 0.15) is 6.54 Å². The maximum Gasteiger partial charge on any atom is 0.327 e. The Kier molecular flexibility index (Phi) is 4.96. The van der Waals surface area contributed by atoms with Gasteiger partial charge in [0.15, 0.2) is 0 Å². The van der Waals surface area contributed by atoms with Crippen LogP contribution in [0.25, 0.3) is 0 Å². The van der Waals surface area contributed by atoms with Gasteiger partial charge in [-0.05, 0) is 31.0 Å². The van der Waals surface area contributed by atoms with Crippen molar-refractivity contribution in [1.82, 2.24) is 15.1 Å². The van der Waals surface area contributed by atoms with Crippen LogP contribution in [0, 0.1) is 6.92 Å². The van der Waals surface area contributed by atoms with Crippen LogP contribution in [0.1, 0.15) is 30.5 Å². The monoisotopic (exact) mass is 289 g/mol. The van der Waals surface area contributed by atoms with Gasteiger partial charge in [-0.3, -0.25) is 9.69 Å². The molecular formula is C16H23N3O2. The number of rotatable bonds is 6. The van der Waals surface area contributed by atoms with E-state index in [1.807, 2.05) is 12.1 Å². The smallest absolute Gasteiger partial charge is 0.318 e. The largest absolute Gasteiger partial charge is 0.327 e. The number of aryl methyl sites for hydroxylation is 1. The molecule has 0 saturated carbocycles. The van der Waals surface area contributed by atoms with Crippen molar-refractivity contribution in [2.75, 3.05) is 26.7 Å². The summed E-state index contributed by atoms with van der Waals surface area (Å²) < 4.78 is 0. The van der Waals surface area contributed by atoms with Crippen LogP contribution < -0.4 is 5.32 Å². The lowest BCUT2D eigenvalue weighted by molar-refractivity contribution is -0.125. The van der Waals surface area contributed by atoms with Crippen molar-refractivity contribution >= 4 is 11.9 Å². The summed E-state index contributed by atoms with van der Waals surface area (Å²) in [7, 11) is 1.66. The second-order valence-electron chi connectivity index (χ2n) is 5.51. The molecule has 3 amide bonds. The highest BCUT2D eigenvalue weighted by molar-refractivity contribution is 6.01. The first-order chi connectivity index (χ1) is 10.0. The van der Waals surface area contributed by atoms with E-state index in [1.165, 1.54) is 15.4 Å². The van der Waals surface area contributed by atoms with E-state index >= 15 is 0 Å². The van der Waals surface area contributed by atoms with Crippen LogP contribution in [0.3, 0.4) is 0 Å². The minimum absolute atomic E-state index is 0.0226. The van der Waals surface area contributed by atoms with E-state index in [4.69, 9.17) is 0 Å². The highest BCUT2D eigenvalue weighted by Crippen LogP contribution is 2.21. The molecule has 2 rings (SSSR count). The minimum Gasteiger partial charge on any atom is -0.318 e. The van der Waals surface area contributed by atoms with Crippen molar-refractivity contribution in [3.8, 4) is 0 Å². The summed E-state index contributed by atoms with van der Waals surface area (Å²) in [5.41, 5.74) is 2.31. The molecule has 1 atom stereocenters. The summed E-state index contributed by atoms with van der Waals surface area (Å²) in [5, 5.41) is 3.44. The van der Waals surface area contributed by atoms with Gasteiger partial charge in [0, 0.05) is 7.05 Å². The number of hydrogen-bond donors (Lipinski definition) is 1. The van der Waals surface area contributed by atoms with Crippen LogP contribution >= 0.6 is 0 Å². The van der Waals surface area contributed by atoms with Crippen molar-refractivity contribution in [2.45, 2.75) is 26.3 Å². The molecule has 0 aromatic heterocycles. The van der Waals surface area contributed by atoms with Gasteiger partial charge in [-0.1, -0.05) is 31.2 Å². The molecule has 1 N–H and O–H groups in total. The average molecular weight is 289 g/mol. The lowest BCUT2D eigenvalue weighted by Gasteiger charge is -2.25. The third-order valence-corrected chi connectivity index (χ3v) is 3.80. The van der Waals surface area contributed by atoms with E-state index in [0.29, 0.717) is 6.54 Å². The lowest BCUT2D eigenvalue weighted by Crippen LogP contribution is -2.40. The maximum absolute atomic E-state index is 12.0. The van der Waals surface area contributed by atoms with Gasteiger partial charge in [-0.15, -0.1) is 0 Å². The first kappa shape index (κ1) is 15.5. The normalized spacial score (nSPS) is 16.7. The van der Waals surface area contributed by atoms with E-state index in [-0.39, 0.29) is 24.5 Å². The molecule has 1 unspecified atom stereocenters. The Morgan fingerprint density at radius 3 is 2.57 bits per heavy atom. The van der Waals surface area contributed by atoms with Gasteiger partial charge < -0.3 is 10.2 Å². The summed E-state index contributed by atoms with van der Waals surface area (Å²) in [6.45, 7) is 5.56. The Bertz CT molecular complexity index is 530. The fraction of sp³-hybridized carbons (Fsp3) is 0.500. The van der Waals surface area contributed by atoms with Crippen molar-refractivity contribution in [2.24, 2.45) is 0 Å². The maximum atomic E-state index is 12.0. The van der Waals surface area contributed by atoms with Crippen molar-refractivity contribution in [1.29, 1.82) is 0 Å². The molecule has 5 heteroatoms. The van der Waals surface area contributed by atoms with E-state index in [2.05, 4.69) is 31.3 Å². The van der Waals surface area contributed by atoms with Gasteiger partial charge in [-0.2, -0.15) is 0 Å². The van der Waals surface area contributed by atoms with Gasteiger partial charge >= 0.3 is 6.03 Å². The number of hydrogen-bond acceptors (Lipinski definition) is 3. The first-order valence-corrected chi connectivity index (χ1v) is 7.39. The van der Waals surface area contributed by atoms with Crippen LogP contribution in [-0.2, 0) is 4.79 Å². The zero-order valence-corrected chi connectivity index (χ0v) is 12.9. The molecule has 1 aliphatic heterocycles. The van der Waals surface area contributed by atoms with Gasteiger partial charge in [0.2, 0.25) is 5.91 Å². The summed E-state index contributed by atoms with van der Waals surface area (Å²) in [4.78, 5) is 26.8. The fourth-order valence-corrected chi connectivity index (χ4v) is 2.60. The molecule has 114 valence electrons. The second-order valence-corrected chi connectivity index (χ2v) is 5.51. The summed E-state index contributed by atoms with van der Waals surface area (Å²) in [6, 6.07) is 7.85. The predicted octanol–water partition coefficient (Wildman–Crippen LogP) is 1.93. The number of nitrogens with zero attached hydrogens (tertiary/aromatic N) is 2. The Labute approximate surface area is 125 Å². The van der Waals surface area contributed by atoms with Crippen LogP contribution in [-0.4, -0.2) is 48.4 Å². The minimum atomic E-state index is -0.211. The zero-order chi connectivity index (χ0) is 15.4. The summed E-state index contributed by atoms with van der Waals surface area (Å²) in [6.07, 6.45) is 1.00. The van der Waals surface area contributed by atoms with Crippen molar-refractivity contribution < 1.29 is 9.59 Å². The summed E-state index contributed by atoms with van der Waals surface area (Å²) >= 11 is 0. The lowest BCUT2D eigenvalue weighted by atomic mass is 10.0. The van der Waals surface area contributed by atoms with E-state index in [9.17, 15) is 9.59 Å². The highest BCUT2D eigenvalue weighted by Gasteiger charge is 2.35. The zero-order valence-electron chi connectivity index (χ0n) is 12.9. The summed E-state index contributed by atoms with van der Waals surface area (Å²) in [5.74, 6) is -0.126. The van der Waals surface area contributed by atoms with E-state index < -0.39 is 0 Å². The molecular weight excluding hydrogens is 266 g/mol. The van der Waals surface area contributed by atoms with Crippen LogP contribution in [0.4, 0.5) is 4.79 Å². The number of imide groups is 1. The SMILES string of the molecule is CCCNC(CN1C(=O)CN(C)C1=O)c1ccccc1C. The molecule has 0 bridgehead atoms. The van der Waals surface area contributed by atoms with Crippen molar-refractivity contribution in [3.63, 3.8) is 0 Å². The Hall–Kier alpha value is -1.88. The molecule has 1 aromatic rings. The highest BCUT2D eigenvalue weighted by atomic mass is 16.2. The molecule has 0 spiro atoms. The standard InChI is InChI=1S/C16H23N3O2/c1-4-9-17-14(13-8-6-5-7-12(13)2)10-19-15(20)11-18(3)16(19)21/h5-8,14,17H,4,9-11H2,1-3H3. The second kappa shape index (κ2) is 6.72. The third-order valence-electron chi connectivity index (χ3n) is 3.80. The molecule has 1 saturated heterocycles. The van der Waals surface area contributed by atoms with E-state index in [0.717, 1.165) is 18.5 Å². The third kappa shape index (κ3) is 3.42. The molecule has 0 aliphatic carbocycles. The number of nitrogens with one attached hydrogen (secondary N) is 1. The molecule has 0 radical (unpaired) electrons. The van der Waals surface area contributed by atoms with Gasteiger partial charge in [-0.25, -0.2) is 4.79 Å². The Balaban J connectivity index is 2.19. The van der Waals surface area contributed by atoms with Crippen LogP contribution in [0.15, 0.2) is 24.3 Å². The number of likely N-dealkylation sites (N-methyl/N-ethyl adjacent to an activating group) is 1. The fourth-order valence-electron chi connectivity index (χ4n) is 2.60. The topological polar surface area (TPSA) is 52.7 Å². The Morgan fingerprint density at radius 1 is 1.29 bits per heavy atom. The van der Waals surface area contributed by atoms with Crippen LogP contribution in [0.5, 0.6) is 0 Å². The van der Waals surface area contributed by atoms with Gasteiger partial charge in [0.05, 0.1) is 12.6 Å². The van der Waals surface area contributed by atoms with Gasteiger partial charge in [0.25, 0.3) is 0 Å². The number of carbonyl (C=O) groups is 2. The molecule has 5 nitrogen and oxygen atoms in total. The Morgan fingerprint density at radius 2 is 2.00 bits per heavy atom. The number of urea groups is 1. The molecule has 1 fully saturated rings. The van der Waals surface area contributed by atoms with Crippen LogP contribution in [0.2, 0.25) is 0 Å². The average Bonchev–Trinajstić information content (AvgIpc) is 2.70. The number of amides is 3. The molecule has 1 aromatic carbocycles. The first-order valence-electron chi connectivity index (χ1n) is 7.39. The van der Waals surface area contributed by atoms with E-state index in [1.54, 1.807) is 7.05 Å².